The lowest BCUT2D eigenvalue weighted by molar-refractivity contribution is 0.711. The number of rotatable bonds is 16. The molecule has 0 saturated carbocycles. The van der Waals surface area contributed by atoms with Crippen LogP contribution < -0.4 is 0 Å². The molecule has 0 aliphatic heterocycles. The summed E-state index contributed by atoms with van der Waals surface area (Å²) in [5.41, 5.74) is 0. The standard InChI is InChI=1S/C15H32S5/c16-9-5-1-3-7-11-19-14-15(13-18)20-12-8-4-2-6-10-17/h15-18H,1-14H2. The fraction of sp³-hybridized carbons (Fsp3) is 1.00. The molecule has 0 radical (unpaired) electrons. The fourth-order valence-electron chi connectivity index (χ4n) is 1.86. The van der Waals surface area contributed by atoms with Crippen molar-refractivity contribution >= 4 is 61.4 Å². The SMILES string of the molecule is SCCCCCCSCC(CS)SCCCCCCS. The van der Waals surface area contributed by atoms with E-state index in [0.717, 1.165) is 22.5 Å². The van der Waals surface area contributed by atoms with E-state index >= 15 is 0 Å². The summed E-state index contributed by atoms with van der Waals surface area (Å²) in [4.78, 5) is 0. The zero-order valence-electron chi connectivity index (χ0n) is 12.6. The Balaban J connectivity index is 3.29. The molecule has 1 atom stereocenters. The smallest absolute Gasteiger partial charge is 0.0226 e. The lowest BCUT2D eigenvalue weighted by Gasteiger charge is -2.13. The van der Waals surface area contributed by atoms with Gasteiger partial charge in [-0.3, -0.25) is 0 Å². The van der Waals surface area contributed by atoms with E-state index in [2.05, 4.69) is 61.4 Å². The van der Waals surface area contributed by atoms with Gasteiger partial charge in [-0.2, -0.15) is 61.4 Å². The van der Waals surface area contributed by atoms with Crippen LogP contribution in [0.25, 0.3) is 0 Å². The molecule has 0 aromatic heterocycles. The van der Waals surface area contributed by atoms with Gasteiger partial charge >= 0.3 is 0 Å². The van der Waals surface area contributed by atoms with Crippen molar-refractivity contribution in [3.8, 4) is 0 Å². The first-order chi connectivity index (χ1) is 9.85. The van der Waals surface area contributed by atoms with Gasteiger partial charge in [-0.15, -0.1) is 0 Å². The molecular weight excluding hydrogens is 341 g/mol. The second-order valence-corrected chi connectivity index (χ2v) is 8.84. The summed E-state index contributed by atoms with van der Waals surface area (Å²) in [6.45, 7) is 0. The van der Waals surface area contributed by atoms with E-state index in [9.17, 15) is 0 Å². The Labute approximate surface area is 152 Å². The monoisotopic (exact) mass is 372 g/mol. The van der Waals surface area contributed by atoms with Crippen LogP contribution >= 0.6 is 61.4 Å². The summed E-state index contributed by atoms with van der Waals surface area (Å²) in [5.74, 6) is 7.00. The summed E-state index contributed by atoms with van der Waals surface area (Å²) >= 11 is 17.2. The van der Waals surface area contributed by atoms with Crippen LogP contribution in [0.2, 0.25) is 0 Å². The quantitative estimate of drug-likeness (QED) is 0.234. The number of hydrogen-bond acceptors (Lipinski definition) is 5. The molecule has 5 heteroatoms. The van der Waals surface area contributed by atoms with E-state index in [0.29, 0.717) is 0 Å². The van der Waals surface area contributed by atoms with E-state index in [4.69, 9.17) is 0 Å². The number of thiol groups is 3. The molecule has 20 heavy (non-hydrogen) atoms. The first-order valence-electron chi connectivity index (χ1n) is 7.87. The van der Waals surface area contributed by atoms with E-state index < -0.39 is 0 Å². The van der Waals surface area contributed by atoms with E-state index in [-0.39, 0.29) is 0 Å². The van der Waals surface area contributed by atoms with Crippen molar-refractivity contribution in [1.29, 1.82) is 0 Å². The van der Waals surface area contributed by atoms with Crippen LogP contribution in [0.3, 0.4) is 0 Å². The zero-order valence-corrected chi connectivity index (χ0v) is 17.0. The van der Waals surface area contributed by atoms with Crippen molar-refractivity contribution in [1.82, 2.24) is 0 Å². The van der Waals surface area contributed by atoms with Gasteiger partial charge < -0.3 is 0 Å². The van der Waals surface area contributed by atoms with Crippen LogP contribution in [0.1, 0.15) is 51.4 Å². The second-order valence-electron chi connectivity index (χ2n) is 5.03. The molecule has 1 unspecified atom stereocenters. The first-order valence-corrected chi connectivity index (χ1v) is 12.0. The van der Waals surface area contributed by atoms with Crippen molar-refractivity contribution in [2.45, 2.75) is 56.6 Å². The average molecular weight is 373 g/mol. The molecule has 0 aliphatic rings. The largest absolute Gasteiger partial charge is 0.179 e. The van der Waals surface area contributed by atoms with E-state index in [1.807, 2.05) is 0 Å². The summed E-state index contributed by atoms with van der Waals surface area (Å²) in [6.07, 6.45) is 10.7. The van der Waals surface area contributed by atoms with Crippen LogP contribution in [0.5, 0.6) is 0 Å². The van der Waals surface area contributed by atoms with Gasteiger partial charge in [0, 0.05) is 16.8 Å². The van der Waals surface area contributed by atoms with Crippen molar-refractivity contribution < 1.29 is 0 Å². The molecule has 0 rings (SSSR count). The molecule has 0 nitrogen and oxygen atoms in total. The number of hydrogen-bond donors (Lipinski definition) is 3. The molecule has 0 amide bonds. The molecule has 0 saturated heterocycles. The van der Waals surface area contributed by atoms with Crippen LogP contribution in [0, 0.1) is 0 Å². The van der Waals surface area contributed by atoms with Gasteiger partial charge in [0.25, 0.3) is 0 Å². The summed E-state index contributed by atoms with van der Waals surface area (Å²) in [5, 5.41) is 0.741. The fourth-order valence-corrected chi connectivity index (χ4v) is 5.36. The van der Waals surface area contributed by atoms with Gasteiger partial charge in [0.2, 0.25) is 0 Å². The summed E-state index contributed by atoms with van der Waals surface area (Å²) < 4.78 is 0. The number of thioether (sulfide) groups is 2. The minimum atomic E-state index is 0.741. The Kier molecular flexibility index (Phi) is 20.4. The Hall–Kier alpha value is 1.75. The van der Waals surface area contributed by atoms with Gasteiger partial charge in [-0.1, -0.05) is 25.7 Å². The Morgan fingerprint density at radius 3 is 1.75 bits per heavy atom. The number of unbranched alkanes of at least 4 members (excludes halogenated alkanes) is 6. The molecule has 0 fully saturated rings. The zero-order chi connectivity index (χ0) is 14.9. The Morgan fingerprint density at radius 2 is 1.20 bits per heavy atom. The van der Waals surface area contributed by atoms with Crippen molar-refractivity contribution in [2.24, 2.45) is 0 Å². The van der Waals surface area contributed by atoms with Crippen LogP contribution in [0.4, 0.5) is 0 Å². The molecular formula is C15H32S5. The maximum atomic E-state index is 4.49. The van der Waals surface area contributed by atoms with Gasteiger partial charge in [0.05, 0.1) is 0 Å². The van der Waals surface area contributed by atoms with Gasteiger partial charge in [0.1, 0.15) is 0 Å². The Bertz CT molecular complexity index is 178. The highest BCUT2D eigenvalue weighted by atomic mass is 32.2. The van der Waals surface area contributed by atoms with Gasteiger partial charge in [-0.25, -0.2) is 0 Å². The topological polar surface area (TPSA) is 0 Å². The minimum Gasteiger partial charge on any atom is -0.179 e. The predicted molar refractivity (Wildman–Crippen MR) is 112 cm³/mol. The van der Waals surface area contributed by atoms with Crippen LogP contribution in [-0.4, -0.2) is 39.8 Å². The lowest BCUT2D eigenvalue weighted by atomic mass is 10.2. The molecule has 0 heterocycles. The minimum absolute atomic E-state index is 0.741. The highest BCUT2D eigenvalue weighted by Gasteiger charge is 2.07. The molecule has 0 spiro atoms. The second kappa shape index (κ2) is 18.8. The third kappa shape index (κ3) is 16.1. The molecule has 122 valence electrons. The van der Waals surface area contributed by atoms with Crippen molar-refractivity contribution in [3.63, 3.8) is 0 Å². The molecule has 0 bridgehead atoms. The van der Waals surface area contributed by atoms with Crippen LogP contribution in [-0.2, 0) is 0 Å². The summed E-state index contributed by atoms with van der Waals surface area (Å²) in [7, 11) is 0. The third-order valence-electron chi connectivity index (χ3n) is 3.11. The predicted octanol–water partition coefficient (Wildman–Crippen LogP) is 5.73. The maximum absolute atomic E-state index is 4.49. The molecule has 0 aromatic carbocycles. The molecule has 0 aromatic rings. The third-order valence-corrected chi connectivity index (χ3v) is 7.19. The lowest BCUT2D eigenvalue weighted by Crippen LogP contribution is -2.09. The average Bonchev–Trinajstić information content (AvgIpc) is 2.47. The van der Waals surface area contributed by atoms with Crippen molar-refractivity contribution in [3.05, 3.63) is 0 Å². The molecule has 0 aliphatic carbocycles. The Morgan fingerprint density at radius 1 is 0.650 bits per heavy atom. The van der Waals surface area contributed by atoms with Gasteiger partial charge in [0.15, 0.2) is 0 Å². The first kappa shape index (κ1) is 21.8. The van der Waals surface area contributed by atoms with Crippen LogP contribution in [0.15, 0.2) is 0 Å². The van der Waals surface area contributed by atoms with Crippen molar-refractivity contribution in [2.75, 3.05) is 34.5 Å². The maximum Gasteiger partial charge on any atom is 0.0226 e. The highest BCUT2D eigenvalue weighted by Crippen LogP contribution is 2.21. The van der Waals surface area contributed by atoms with Gasteiger partial charge in [-0.05, 0) is 48.7 Å². The van der Waals surface area contributed by atoms with E-state index in [1.165, 1.54) is 68.6 Å². The summed E-state index contributed by atoms with van der Waals surface area (Å²) in [6, 6.07) is 0. The molecule has 0 N–H and O–H groups in total. The van der Waals surface area contributed by atoms with E-state index in [1.54, 1.807) is 0 Å². The normalized spacial score (nSPS) is 12.8. The highest BCUT2D eigenvalue weighted by molar-refractivity contribution is 8.03.